The van der Waals surface area contributed by atoms with Crippen LogP contribution in [0.3, 0.4) is 0 Å². The molecule has 0 spiro atoms. The van der Waals surface area contributed by atoms with Gasteiger partial charge in [0.05, 0.1) is 12.6 Å². The highest BCUT2D eigenvalue weighted by Crippen LogP contribution is 1.83. The molecule has 0 aromatic rings. The van der Waals surface area contributed by atoms with Gasteiger partial charge in [-0.2, -0.15) is 0 Å². The zero-order chi connectivity index (χ0) is 9.56. The number of hydrogen-bond acceptors (Lipinski definition) is 5. The SMILES string of the molecule is CC(=O)ON=CCC(=O)C(C)=O. The molecule has 0 aromatic heterocycles. The van der Waals surface area contributed by atoms with Gasteiger partial charge in [0.15, 0.2) is 5.78 Å². The minimum atomic E-state index is -0.568. The van der Waals surface area contributed by atoms with Crippen molar-refractivity contribution in [1.82, 2.24) is 0 Å². The maximum atomic E-state index is 10.6. The third-order valence-corrected chi connectivity index (χ3v) is 0.925. The van der Waals surface area contributed by atoms with E-state index in [1.807, 2.05) is 0 Å². The molecule has 0 unspecified atom stereocenters. The third-order valence-electron chi connectivity index (χ3n) is 0.925. The summed E-state index contributed by atoms with van der Waals surface area (Å²) in [5.74, 6) is -1.67. The van der Waals surface area contributed by atoms with Gasteiger partial charge >= 0.3 is 5.97 Å². The molecular weight excluding hydrogens is 162 g/mol. The minimum absolute atomic E-state index is 0.136. The normalized spacial score (nSPS) is 9.83. The summed E-state index contributed by atoms with van der Waals surface area (Å²) >= 11 is 0. The lowest BCUT2D eigenvalue weighted by Crippen LogP contribution is -2.09. The summed E-state index contributed by atoms with van der Waals surface area (Å²) in [6.45, 7) is 2.35. The smallest absolute Gasteiger partial charge is 0.319 e. The summed E-state index contributed by atoms with van der Waals surface area (Å²) in [5.41, 5.74) is 0. The van der Waals surface area contributed by atoms with Crippen LogP contribution >= 0.6 is 0 Å². The van der Waals surface area contributed by atoms with E-state index in [4.69, 9.17) is 0 Å². The Bertz CT molecular complexity index is 232. The molecule has 0 N–H and O–H groups in total. The van der Waals surface area contributed by atoms with Crippen LogP contribution in [0.5, 0.6) is 0 Å². The van der Waals surface area contributed by atoms with E-state index in [1.54, 1.807) is 0 Å². The first-order valence-corrected chi connectivity index (χ1v) is 3.27. The van der Waals surface area contributed by atoms with Gasteiger partial charge in [-0.1, -0.05) is 5.16 Å². The first kappa shape index (κ1) is 10.5. The van der Waals surface area contributed by atoms with E-state index >= 15 is 0 Å². The number of oxime groups is 1. The van der Waals surface area contributed by atoms with Crippen LogP contribution in [0, 0.1) is 0 Å². The van der Waals surface area contributed by atoms with Gasteiger partial charge < -0.3 is 4.84 Å². The van der Waals surface area contributed by atoms with Crippen molar-refractivity contribution < 1.29 is 19.2 Å². The van der Waals surface area contributed by atoms with Crippen LogP contribution in [0.2, 0.25) is 0 Å². The second-order valence-corrected chi connectivity index (χ2v) is 2.05. The van der Waals surface area contributed by atoms with E-state index in [-0.39, 0.29) is 6.42 Å². The van der Waals surface area contributed by atoms with Crippen LogP contribution in [0.15, 0.2) is 5.16 Å². The predicted molar refractivity (Wildman–Crippen MR) is 40.6 cm³/mol. The fraction of sp³-hybridized carbons (Fsp3) is 0.429. The highest BCUT2D eigenvalue weighted by Gasteiger charge is 2.04. The summed E-state index contributed by atoms with van der Waals surface area (Å²) in [4.78, 5) is 35.2. The molecule has 0 aliphatic heterocycles. The highest BCUT2D eigenvalue weighted by molar-refractivity contribution is 6.38. The van der Waals surface area contributed by atoms with Gasteiger partial charge in [-0.3, -0.25) is 9.59 Å². The average molecular weight is 171 g/mol. The van der Waals surface area contributed by atoms with Crippen LogP contribution in [-0.4, -0.2) is 23.8 Å². The second kappa shape index (κ2) is 5.17. The molecule has 5 heteroatoms. The quantitative estimate of drug-likeness (QED) is 0.260. The number of rotatable bonds is 4. The Morgan fingerprint density at radius 2 is 1.92 bits per heavy atom. The van der Waals surface area contributed by atoms with E-state index in [0.29, 0.717) is 0 Å². The molecule has 0 fully saturated rings. The van der Waals surface area contributed by atoms with Gasteiger partial charge in [0.2, 0.25) is 5.78 Å². The van der Waals surface area contributed by atoms with Gasteiger partial charge in [-0.25, -0.2) is 4.79 Å². The Balaban J connectivity index is 3.68. The molecule has 0 amide bonds. The van der Waals surface area contributed by atoms with Crippen LogP contribution < -0.4 is 0 Å². The van der Waals surface area contributed by atoms with Gasteiger partial charge in [0.25, 0.3) is 0 Å². The standard InChI is InChI=1S/C7H9NO4/c1-5(9)7(11)3-4-8-12-6(2)10/h4H,3H2,1-2H3. The Hall–Kier alpha value is -1.52. The van der Waals surface area contributed by atoms with Gasteiger partial charge in [-0.05, 0) is 0 Å². The number of ketones is 2. The van der Waals surface area contributed by atoms with E-state index in [9.17, 15) is 14.4 Å². The zero-order valence-corrected chi connectivity index (χ0v) is 6.86. The molecule has 0 radical (unpaired) electrons. The van der Waals surface area contributed by atoms with Crippen molar-refractivity contribution in [3.63, 3.8) is 0 Å². The number of nitrogens with zero attached hydrogens (tertiary/aromatic N) is 1. The van der Waals surface area contributed by atoms with Gasteiger partial charge in [0, 0.05) is 13.8 Å². The molecule has 0 aliphatic carbocycles. The zero-order valence-electron chi connectivity index (χ0n) is 6.86. The van der Waals surface area contributed by atoms with Crippen molar-refractivity contribution in [2.75, 3.05) is 0 Å². The number of carbonyl (C=O) groups is 3. The van der Waals surface area contributed by atoms with Crippen molar-refractivity contribution >= 4 is 23.8 Å². The Kier molecular flexibility index (Phi) is 4.52. The summed E-state index contributed by atoms with van der Waals surface area (Å²) in [7, 11) is 0. The lowest BCUT2D eigenvalue weighted by atomic mass is 10.2. The molecule has 0 heterocycles. The Morgan fingerprint density at radius 3 is 2.33 bits per heavy atom. The summed E-state index contributed by atoms with van der Waals surface area (Å²) in [6, 6.07) is 0. The fourth-order valence-corrected chi connectivity index (χ4v) is 0.375. The molecule has 12 heavy (non-hydrogen) atoms. The van der Waals surface area contributed by atoms with Crippen molar-refractivity contribution in [1.29, 1.82) is 0 Å². The Labute approximate surface area is 69.4 Å². The molecule has 0 aromatic carbocycles. The van der Waals surface area contributed by atoms with Crippen LogP contribution in [-0.2, 0) is 19.2 Å². The number of hydrogen-bond donors (Lipinski definition) is 0. The van der Waals surface area contributed by atoms with E-state index in [2.05, 4.69) is 9.99 Å². The molecule has 0 saturated carbocycles. The lowest BCUT2D eigenvalue weighted by Gasteiger charge is -1.88. The second-order valence-electron chi connectivity index (χ2n) is 2.05. The fourth-order valence-electron chi connectivity index (χ4n) is 0.375. The van der Waals surface area contributed by atoms with Gasteiger partial charge in [-0.15, -0.1) is 0 Å². The first-order valence-electron chi connectivity index (χ1n) is 3.27. The maximum absolute atomic E-state index is 10.6. The van der Waals surface area contributed by atoms with Crippen LogP contribution in [0.25, 0.3) is 0 Å². The first-order chi connectivity index (χ1) is 5.54. The molecule has 0 rings (SSSR count). The van der Waals surface area contributed by atoms with Crippen LogP contribution in [0.4, 0.5) is 0 Å². The molecule has 5 nitrogen and oxygen atoms in total. The third kappa shape index (κ3) is 5.28. The van der Waals surface area contributed by atoms with Crippen molar-refractivity contribution in [2.45, 2.75) is 20.3 Å². The summed E-state index contributed by atoms with van der Waals surface area (Å²) < 4.78 is 0. The lowest BCUT2D eigenvalue weighted by molar-refractivity contribution is -0.141. The van der Waals surface area contributed by atoms with Crippen molar-refractivity contribution in [3.05, 3.63) is 0 Å². The topological polar surface area (TPSA) is 72.8 Å². The molecule has 0 atom stereocenters. The van der Waals surface area contributed by atoms with E-state index in [0.717, 1.165) is 6.21 Å². The summed E-state index contributed by atoms with van der Waals surface area (Å²) in [6.07, 6.45) is 0.938. The molecule has 0 aliphatic rings. The van der Waals surface area contributed by atoms with Crippen molar-refractivity contribution in [2.24, 2.45) is 5.16 Å². The minimum Gasteiger partial charge on any atom is -0.319 e. The predicted octanol–water partition coefficient (Wildman–Crippen LogP) is 0.0835. The monoisotopic (exact) mass is 171 g/mol. The number of Topliss-reactive ketones (excluding diaryl/α,β-unsaturated/α-hetero) is 2. The highest BCUT2D eigenvalue weighted by atomic mass is 16.7. The molecular formula is C7H9NO4. The van der Waals surface area contributed by atoms with Crippen molar-refractivity contribution in [3.8, 4) is 0 Å². The molecule has 66 valence electrons. The molecule has 0 bridgehead atoms. The molecule has 0 saturated heterocycles. The largest absolute Gasteiger partial charge is 0.331 e. The average Bonchev–Trinajstić information content (AvgIpc) is 1.97. The van der Waals surface area contributed by atoms with E-state index in [1.165, 1.54) is 13.8 Å². The van der Waals surface area contributed by atoms with E-state index < -0.39 is 17.5 Å². The Morgan fingerprint density at radius 1 is 1.33 bits per heavy atom. The van der Waals surface area contributed by atoms with Crippen LogP contribution in [0.1, 0.15) is 20.3 Å². The number of carbonyl (C=O) groups excluding carboxylic acids is 3. The summed E-state index contributed by atoms with van der Waals surface area (Å²) in [5, 5.41) is 3.15. The maximum Gasteiger partial charge on any atom is 0.331 e. The van der Waals surface area contributed by atoms with Gasteiger partial charge in [0.1, 0.15) is 0 Å².